The van der Waals surface area contributed by atoms with Crippen LogP contribution >= 0.6 is 0 Å². The molecule has 0 unspecified atom stereocenters. The van der Waals surface area contributed by atoms with Crippen molar-refractivity contribution in [1.82, 2.24) is 0 Å². The van der Waals surface area contributed by atoms with E-state index < -0.39 is 0 Å². The van der Waals surface area contributed by atoms with Crippen molar-refractivity contribution in [3.8, 4) is 11.8 Å². The van der Waals surface area contributed by atoms with Gasteiger partial charge in [0.2, 0.25) is 5.78 Å². The van der Waals surface area contributed by atoms with Gasteiger partial charge in [0, 0.05) is 12.8 Å². The first-order chi connectivity index (χ1) is 5.81. The minimum atomic E-state index is 0.0606. The molecule has 0 spiro atoms. The van der Waals surface area contributed by atoms with Gasteiger partial charge >= 0.3 is 0 Å². The standard InChI is InChI=1S/C11H18O/c1-3-5-6-7-8-9-10-11(12)4-2/h3-8H2,1-2H3. The Morgan fingerprint density at radius 1 is 1.17 bits per heavy atom. The van der Waals surface area contributed by atoms with Crippen LogP contribution in [-0.4, -0.2) is 5.78 Å². The molecule has 0 aromatic heterocycles. The average molecular weight is 166 g/mol. The molecular formula is C11H18O. The maximum atomic E-state index is 10.7. The zero-order valence-corrected chi connectivity index (χ0v) is 8.15. The summed E-state index contributed by atoms with van der Waals surface area (Å²) < 4.78 is 0. The maximum absolute atomic E-state index is 10.7. The highest BCUT2D eigenvalue weighted by molar-refractivity contribution is 5.95. The first-order valence-corrected chi connectivity index (χ1v) is 4.83. The molecule has 0 amide bonds. The molecule has 0 N–H and O–H groups in total. The van der Waals surface area contributed by atoms with Crippen LogP contribution in [0, 0.1) is 11.8 Å². The first-order valence-electron chi connectivity index (χ1n) is 4.83. The van der Waals surface area contributed by atoms with Gasteiger partial charge < -0.3 is 0 Å². The van der Waals surface area contributed by atoms with Gasteiger partial charge in [-0.15, -0.1) is 0 Å². The van der Waals surface area contributed by atoms with Crippen molar-refractivity contribution in [2.75, 3.05) is 0 Å². The Labute approximate surface area is 75.5 Å². The lowest BCUT2D eigenvalue weighted by molar-refractivity contribution is -0.113. The second-order valence-corrected chi connectivity index (χ2v) is 2.89. The molecule has 0 saturated carbocycles. The molecule has 0 bridgehead atoms. The molecule has 0 radical (unpaired) electrons. The predicted octanol–water partition coefficient (Wildman–Crippen LogP) is 2.94. The van der Waals surface area contributed by atoms with Crippen LogP contribution < -0.4 is 0 Å². The van der Waals surface area contributed by atoms with Crippen LogP contribution in [0.5, 0.6) is 0 Å². The van der Waals surface area contributed by atoms with E-state index in [0.717, 1.165) is 12.8 Å². The SMILES string of the molecule is CCCCCCC#CC(=O)CC. The Bertz CT molecular complexity index is 171. The van der Waals surface area contributed by atoms with E-state index in [1.165, 1.54) is 19.3 Å². The lowest BCUT2D eigenvalue weighted by Crippen LogP contribution is -1.87. The number of hydrogen-bond acceptors (Lipinski definition) is 1. The third-order valence-electron chi connectivity index (χ3n) is 1.70. The van der Waals surface area contributed by atoms with Gasteiger partial charge in [-0.3, -0.25) is 4.79 Å². The molecule has 0 aliphatic carbocycles. The average Bonchev–Trinajstić information content (AvgIpc) is 2.10. The summed E-state index contributed by atoms with van der Waals surface area (Å²) in [6.07, 6.45) is 6.34. The van der Waals surface area contributed by atoms with Gasteiger partial charge in [0.05, 0.1) is 0 Å². The van der Waals surface area contributed by atoms with Crippen LogP contribution in [-0.2, 0) is 4.79 Å². The molecule has 68 valence electrons. The van der Waals surface area contributed by atoms with Gasteiger partial charge in [-0.2, -0.15) is 0 Å². The number of Topliss-reactive ketones (excluding diaryl/α,β-unsaturated/α-hetero) is 1. The minimum Gasteiger partial charge on any atom is -0.285 e. The predicted molar refractivity (Wildman–Crippen MR) is 51.8 cm³/mol. The van der Waals surface area contributed by atoms with Crippen molar-refractivity contribution in [2.24, 2.45) is 0 Å². The normalized spacial score (nSPS) is 8.83. The van der Waals surface area contributed by atoms with Crippen LogP contribution in [0.4, 0.5) is 0 Å². The van der Waals surface area contributed by atoms with Crippen molar-refractivity contribution in [1.29, 1.82) is 0 Å². The van der Waals surface area contributed by atoms with Gasteiger partial charge in [-0.25, -0.2) is 0 Å². The largest absolute Gasteiger partial charge is 0.285 e. The Morgan fingerprint density at radius 3 is 2.50 bits per heavy atom. The van der Waals surface area contributed by atoms with E-state index in [2.05, 4.69) is 18.8 Å². The molecule has 0 aromatic carbocycles. The van der Waals surface area contributed by atoms with Gasteiger partial charge in [0.25, 0.3) is 0 Å². The van der Waals surface area contributed by atoms with Crippen LogP contribution in [0.2, 0.25) is 0 Å². The van der Waals surface area contributed by atoms with E-state index in [0.29, 0.717) is 6.42 Å². The summed E-state index contributed by atoms with van der Waals surface area (Å²) in [5, 5.41) is 0. The van der Waals surface area contributed by atoms with Crippen molar-refractivity contribution in [3.63, 3.8) is 0 Å². The third kappa shape index (κ3) is 7.34. The second-order valence-electron chi connectivity index (χ2n) is 2.89. The summed E-state index contributed by atoms with van der Waals surface area (Å²) >= 11 is 0. The summed E-state index contributed by atoms with van der Waals surface area (Å²) in [5.74, 6) is 5.58. The van der Waals surface area contributed by atoms with Crippen molar-refractivity contribution >= 4 is 5.78 Å². The highest BCUT2D eigenvalue weighted by Gasteiger charge is 1.87. The highest BCUT2D eigenvalue weighted by atomic mass is 16.1. The molecule has 0 aliphatic heterocycles. The molecule has 0 heterocycles. The van der Waals surface area contributed by atoms with E-state index in [-0.39, 0.29) is 5.78 Å². The molecule has 12 heavy (non-hydrogen) atoms. The number of hydrogen-bond donors (Lipinski definition) is 0. The Kier molecular flexibility index (Phi) is 7.79. The van der Waals surface area contributed by atoms with Crippen LogP contribution in [0.1, 0.15) is 52.4 Å². The van der Waals surface area contributed by atoms with E-state index in [1.54, 1.807) is 0 Å². The molecule has 0 aliphatic rings. The van der Waals surface area contributed by atoms with Crippen molar-refractivity contribution in [3.05, 3.63) is 0 Å². The third-order valence-corrected chi connectivity index (χ3v) is 1.70. The Morgan fingerprint density at radius 2 is 1.92 bits per heavy atom. The number of unbranched alkanes of at least 4 members (excludes halogenated alkanes) is 4. The lowest BCUT2D eigenvalue weighted by atomic mass is 10.1. The van der Waals surface area contributed by atoms with Crippen LogP contribution in [0.3, 0.4) is 0 Å². The van der Waals surface area contributed by atoms with Crippen molar-refractivity contribution in [2.45, 2.75) is 52.4 Å². The number of carbonyl (C=O) groups is 1. The van der Waals surface area contributed by atoms with E-state index in [4.69, 9.17) is 0 Å². The number of carbonyl (C=O) groups excluding carboxylic acids is 1. The van der Waals surface area contributed by atoms with Crippen LogP contribution in [0.25, 0.3) is 0 Å². The van der Waals surface area contributed by atoms with E-state index in [9.17, 15) is 4.79 Å². The quantitative estimate of drug-likeness (QED) is 0.348. The smallest absolute Gasteiger partial charge is 0.205 e. The molecular weight excluding hydrogens is 148 g/mol. The Hall–Kier alpha value is -0.770. The summed E-state index contributed by atoms with van der Waals surface area (Å²) in [6.45, 7) is 4.03. The topological polar surface area (TPSA) is 17.1 Å². The second kappa shape index (κ2) is 8.33. The van der Waals surface area contributed by atoms with E-state index >= 15 is 0 Å². The Balaban J connectivity index is 3.27. The number of ketones is 1. The number of rotatable bonds is 5. The fraction of sp³-hybridized carbons (Fsp3) is 0.727. The summed E-state index contributed by atoms with van der Waals surface area (Å²) in [4.78, 5) is 10.7. The van der Waals surface area contributed by atoms with Gasteiger partial charge in [-0.05, 0) is 12.3 Å². The first kappa shape index (κ1) is 11.2. The zero-order chi connectivity index (χ0) is 9.23. The summed E-state index contributed by atoms with van der Waals surface area (Å²) in [5.41, 5.74) is 0. The lowest BCUT2D eigenvalue weighted by Gasteiger charge is -1.91. The minimum absolute atomic E-state index is 0.0606. The molecule has 1 heteroatoms. The van der Waals surface area contributed by atoms with E-state index in [1.807, 2.05) is 6.92 Å². The molecule has 0 rings (SSSR count). The van der Waals surface area contributed by atoms with Gasteiger partial charge in [0.15, 0.2) is 0 Å². The molecule has 0 fully saturated rings. The molecule has 0 aromatic rings. The molecule has 0 atom stereocenters. The van der Waals surface area contributed by atoms with Gasteiger partial charge in [-0.1, -0.05) is 39.0 Å². The van der Waals surface area contributed by atoms with Crippen LogP contribution in [0.15, 0.2) is 0 Å². The molecule has 0 saturated heterocycles. The zero-order valence-electron chi connectivity index (χ0n) is 8.15. The highest BCUT2D eigenvalue weighted by Crippen LogP contribution is 2.00. The van der Waals surface area contributed by atoms with Crippen molar-refractivity contribution < 1.29 is 4.79 Å². The summed E-state index contributed by atoms with van der Waals surface area (Å²) in [6, 6.07) is 0. The molecule has 1 nitrogen and oxygen atoms in total. The fourth-order valence-corrected chi connectivity index (χ4v) is 0.890. The maximum Gasteiger partial charge on any atom is 0.205 e. The fourth-order valence-electron chi connectivity index (χ4n) is 0.890. The summed E-state index contributed by atoms with van der Waals surface area (Å²) in [7, 11) is 0. The monoisotopic (exact) mass is 166 g/mol. The van der Waals surface area contributed by atoms with Gasteiger partial charge in [0.1, 0.15) is 0 Å².